The molecule has 0 amide bonds. The first-order valence-corrected chi connectivity index (χ1v) is 6.73. The quantitative estimate of drug-likeness (QED) is 0.798. The molecule has 0 N–H and O–H groups in total. The molecule has 20 heavy (non-hydrogen) atoms. The lowest BCUT2D eigenvalue weighted by molar-refractivity contribution is -0.115. The van der Waals surface area contributed by atoms with Gasteiger partial charge < -0.3 is 4.79 Å². The second-order valence-electron chi connectivity index (χ2n) is 5.37. The average molecular weight is 267 g/mol. The minimum atomic E-state index is -0.544. The van der Waals surface area contributed by atoms with Crippen LogP contribution in [0, 0.1) is 5.41 Å². The summed E-state index contributed by atoms with van der Waals surface area (Å²) in [5.74, 6) is 0. The number of para-hydroxylation sites is 1. The van der Waals surface area contributed by atoms with Crippen molar-refractivity contribution in [2.75, 3.05) is 11.7 Å². The summed E-state index contributed by atoms with van der Waals surface area (Å²) < 4.78 is 0. The smallest absolute Gasteiger partial charge is 0.130 e. The topological polar surface area (TPSA) is 29.5 Å². The van der Waals surface area contributed by atoms with Gasteiger partial charge in [0.15, 0.2) is 0 Å². The van der Waals surface area contributed by atoms with Gasteiger partial charge in [-0.05, 0) is 24.6 Å². The summed E-state index contributed by atoms with van der Waals surface area (Å²) in [7, 11) is 0. The van der Waals surface area contributed by atoms with Crippen molar-refractivity contribution in [3.63, 3.8) is 0 Å². The number of anilines is 1. The highest BCUT2D eigenvalue weighted by Crippen LogP contribution is 2.45. The maximum absolute atomic E-state index is 11.6. The molecule has 1 saturated heterocycles. The van der Waals surface area contributed by atoms with E-state index in [0.29, 0.717) is 6.61 Å². The van der Waals surface area contributed by atoms with E-state index in [1.807, 2.05) is 72.7 Å². The van der Waals surface area contributed by atoms with Crippen molar-refractivity contribution in [3.8, 4) is 0 Å². The molecule has 0 aliphatic carbocycles. The molecule has 2 unspecified atom stereocenters. The fraction of sp³-hybridized carbons (Fsp3) is 0.235. The van der Waals surface area contributed by atoms with Gasteiger partial charge in [0.25, 0.3) is 0 Å². The predicted octanol–water partition coefficient (Wildman–Crippen LogP) is 3.38. The van der Waals surface area contributed by atoms with E-state index < -0.39 is 5.41 Å². The molecule has 0 bridgehead atoms. The van der Waals surface area contributed by atoms with Crippen molar-refractivity contribution in [3.05, 3.63) is 66.2 Å². The molecule has 2 aromatic rings. The van der Waals surface area contributed by atoms with Gasteiger partial charge in [0.1, 0.15) is 6.29 Å². The van der Waals surface area contributed by atoms with Crippen LogP contribution in [0.3, 0.4) is 0 Å². The highest BCUT2D eigenvalue weighted by molar-refractivity contribution is 5.65. The number of hydroxylamine groups is 1. The van der Waals surface area contributed by atoms with Crippen LogP contribution in [-0.2, 0) is 9.63 Å². The van der Waals surface area contributed by atoms with Gasteiger partial charge in [-0.15, -0.1) is 0 Å². The van der Waals surface area contributed by atoms with E-state index in [1.54, 1.807) is 0 Å². The van der Waals surface area contributed by atoms with E-state index in [4.69, 9.17) is 4.84 Å². The third kappa shape index (κ3) is 2.10. The predicted molar refractivity (Wildman–Crippen MR) is 78.2 cm³/mol. The number of benzene rings is 2. The summed E-state index contributed by atoms with van der Waals surface area (Å²) in [6.07, 6.45) is 1.01. The maximum Gasteiger partial charge on any atom is 0.130 e. The first-order valence-electron chi connectivity index (χ1n) is 6.73. The van der Waals surface area contributed by atoms with Gasteiger partial charge in [-0.1, -0.05) is 48.5 Å². The van der Waals surface area contributed by atoms with E-state index in [-0.39, 0.29) is 6.04 Å². The zero-order chi connectivity index (χ0) is 14.0. The van der Waals surface area contributed by atoms with Crippen LogP contribution in [0.4, 0.5) is 5.69 Å². The first-order chi connectivity index (χ1) is 9.74. The van der Waals surface area contributed by atoms with Crippen molar-refractivity contribution < 1.29 is 9.63 Å². The maximum atomic E-state index is 11.6. The summed E-state index contributed by atoms with van der Waals surface area (Å²) in [4.78, 5) is 17.4. The van der Waals surface area contributed by atoms with E-state index in [1.165, 1.54) is 0 Å². The number of hydrogen-bond acceptors (Lipinski definition) is 3. The second-order valence-corrected chi connectivity index (χ2v) is 5.37. The zero-order valence-electron chi connectivity index (χ0n) is 11.4. The Morgan fingerprint density at radius 1 is 1.10 bits per heavy atom. The largest absolute Gasteiger partial charge is 0.303 e. The van der Waals surface area contributed by atoms with Crippen molar-refractivity contribution in [1.82, 2.24) is 0 Å². The van der Waals surface area contributed by atoms with Crippen molar-refractivity contribution in [2.45, 2.75) is 13.0 Å². The van der Waals surface area contributed by atoms with Crippen LogP contribution < -0.4 is 5.06 Å². The van der Waals surface area contributed by atoms with Crippen LogP contribution in [0.2, 0.25) is 0 Å². The lowest BCUT2D eigenvalue weighted by atomic mass is 9.81. The Labute approximate surface area is 118 Å². The minimum Gasteiger partial charge on any atom is -0.303 e. The summed E-state index contributed by atoms with van der Waals surface area (Å²) in [5.41, 5.74) is 1.51. The molecule has 1 aliphatic heterocycles. The second kappa shape index (κ2) is 5.10. The average Bonchev–Trinajstić information content (AvgIpc) is 2.87. The van der Waals surface area contributed by atoms with Gasteiger partial charge in [-0.25, -0.2) is 5.06 Å². The standard InChI is InChI=1S/C17H17NO2/c1-17(12-19)13-20-18(15-10-6-3-7-11-15)16(17)14-8-4-2-5-9-14/h2-12,16H,13H2,1H3. The molecular weight excluding hydrogens is 250 g/mol. The summed E-state index contributed by atoms with van der Waals surface area (Å²) in [5, 5.41) is 1.85. The molecule has 1 aliphatic rings. The van der Waals surface area contributed by atoms with Crippen molar-refractivity contribution in [1.29, 1.82) is 0 Å². The highest BCUT2D eigenvalue weighted by Gasteiger charge is 2.46. The van der Waals surface area contributed by atoms with Crippen molar-refractivity contribution in [2.24, 2.45) is 5.41 Å². The Morgan fingerprint density at radius 3 is 2.30 bits per heavy atom. The highest BCUT2D eigenvalue weighted by atomic mass is 16.7. The summed E-state index contributed by atoms with van der Waals surface area (Å²) in [6, 6.07) is 19.8. The third-order valence-electron chi connectivity index (χ3n) is 3.77. The molecule has 102 valence electrons. The first kappa shape index (κ1) is 12.9. The molecule has 1 fully saturated rings. The summed E-state index contributed by atoms with van der Waals surface area (Å²) in [6.45, 7) is 2.34. The molecule has 0 radical (unpaired) electrons. The minimum absolute atomic E-state index is 0.108. The van der Waals surface area contributed by atoms with Crippen LogP contribution in [-0.4, -0.2) is 12.9 Å². The van der Waals surface area contributed by atoms with Gasteiger partial charge in [-0.3, -0.25) is 4.84 Å². The monoisotopic (exact) mass is 267 g/mol. The number of aldehydes is 1. The molecule has 1 heterocycles. The zero-order valence-corrected chi connectivity index (χ0v) is 11.4. The fourth-order valence-electron chi connectivity index (χ4n) is 2.68. The third-order valence-corrected chi connectivity index (χ3v) is 3.77. The van der Waals surface area contributed by atoms with Gasteiger partial charge >= 0.3 is 0 Å². The molecule has 3 rings (SSSR count). The molecule has 0 saturated carbocycles. The number of carbonyl (C=O) groups excluding carboxylic acids is 1. The lowest BCUT2D eigenvalue weighted by Gasteiger charge is -2.30. The molecular formula is C17H17NO2. The van der Waals surface area contributed by atoms with Crippen LogP contribution in [0.25, 0.3) is 0 Å². The molecule has 3 heteroatoms. The number of nitrogens with zero attached hydrogens (tertiary/aromatic N) is 1. The van der Waals surface area contributed by atoms with Crippen LogP contribution in [0.5, 0.6) is 0 Å². The Hall–Kier alpha value is -2.13. The molecule has 3 nitrogen and oxygen atoms in total. The van der Waals surface area contributed by atoms with Crippen LogP contribution in [0.1, 0.15) is 18.5 Å². The van der Waals surface area contributed by atoms with E-state index in [0.717, 1.165) is 17.5 Å². The number of hydrogen-bond donors (Lipinski definition) is 0. The van der Waals surface area contributed by atoms with E-state index >= 15 is 0 Å². The summed E-state index contributed by atoms with van der Waals surface area (Å²) >= 11 is 0. The molecule has 2 atom stereocenters. The number of carbonyl (C=O) groups is 1. The van der Waals surface area contributed by atoms with Gasteiger partial charge in [-0.2, -0.15) is 0 Å². The Bertz CT molecular complexity index is 584. The normalized spacial score (nSPS) is 25.6. The van der Waals surface area contributed by atoms with Gasteiger partial charge in [0.05, 0.1) is 23.8 Å². The van der Waals surface area contributed by atoms with Crippen molar-refractivity contribution >= 4 is 12.0 Å². The lowest BCUT2D eigenvalue weighted by Crippen LogP contribution is -2.31. The van der Waals surface area contributed by atoms with Crippen LogP contribution >= 0.6 is 0 Å². The van der Waals surface area contributed by atoms with E-state index in [2.05, 4.69) is 0 Å². The van der Waals surface area contributed by atoms with Crippen LogP contribution in [0.15, 0.2) is 60.7 Å². The molecule has 2 aromatic carbocycles. The SMILES string of the molecule is CC1(C=O)CON(c2ccccc2)C1c1ccccc1. The van der Waals surface area contributed by atoms with Gasteiger partial charge in [0, 0.05) is 0 Å². The Balaban J connectivity index is 2.05. The van der Waals surface area contributed by atoms with E-state index in [9.17, 15) is 4.79 Å². The fourth-order valence-corrected chi connectivity index (χ4v) is 2.68. The number of rotatable bonds is 3. The molecule has 0 aromatic heterocycles. The Kier molecular flexibility index (Phi) is 3.28. The molecule has 0 spiro atoms. The van der Waals surface area contributed by atoms with Gasteiger partial charge in [0.2, 0.25) is 0 Å². The Morgan fingerprint density at radius 2 is 1.70 bits per heavy atom.